The van der Waals surface area contributed by atoms with Crippen LogP contribution >= 0.6 is 0 Å². The Morgan fingerprint density at radius 3 is 2.30 bits per heavy atom. The second-order valence-electron chi connectivity index (χ2n) is 5.20. The molecule has 2 aromatic carbocycles. The smallest absolute Gasteiger partial charge is 0.223 e. The van der Waals surface area contributed by atoms with E-state index >= 15 is 0 Å². The van der Waals surface area contributed by atoms with Gasteiger partial charge in [0.25, 0.3) is 0 Å². The quantitative estimate of drug-likeness (QED) is 0.808. The molecule has 0 saturated carbocycles. The van der Waals surface area contributed by atoms with Gasteiger partial charge in [-0.25, -0.2) is 0 Å². The predicted molar refractivity (Wildman–Crippen MR) is 90.7 cm³/mol. The monoisotopic (exact) mass is 313 g/mol. The molecule has 2 rings (SSSR count). The molecule has 0 aliphatic rings. The normalized spacial score (nSPS) is 11.6. The van der Waals surface area contributed by atoms with Crippen LogP contribution in [0.3, 0.4) is 0 Å². The number of benzene rings is 2. The summed E-state index contributed by atoms with van der Waals surface area (Å²) in [5.41, 5.74) is 1.05. The molecule has 0 radical (unpaired) electrons. The third-order valence-electron chi connectivity index (χ3n) is 3.41. The Morgan fingerprint density at radius 2 is 1.65 bits per heavy atom. The van der Waals surface area contributed by atoms with Crippen molar-refractivity contribution in [3.63, 3.8) is 0 Å². The lowest BCUT2D eigenvalue weighted by molar-refractivity contribution is -0.122. The van der Waals surface area contributed by atoms with Crippen LogP contribution in [0.15, 0.2) is 54.6 Å². The van der Waals surface area contributed by atoms with E-state index in [4.69, 9.17) is 9.47 Å². The number of amides is 1. The van der Waals surface area contributed by atoms with Gasteiger partial charge in [0, 0.05) is 0 Å². The highest BCUT2D eigenvalue weighted by Crippen LogP contribution is 2.17. The molecule has 0 aliphatic heterocycles. The van der Waals surface area contributed by atoms with Gasteiger partial charge >= 0.3 is 0 Å². The summed E-state index contributed by atoms with van der Waals surface area (Å²) in [5, 5.41) is 2.97. The standard InChI is InChI=1S/C19H23NO3/c1-3-22-18-11-9-16(10-12-18)15(2)20-19(21)13-14-23-17-7-5-4-6-8-17/h4-12,15H,3,13-14H2,1-2H3,(H,20,21). The lowest BCUT2D eigenvalue weighted by Crippen LogP contribution is -2.27. The molecule has 0 spiro atoms. The molecule has 0 bridgehead atoms. The largest absolute Gasteiger partial charge is 0.494 e. The minimum atomic E-state index is -0.0464. The highest BCUT2D eigenvalue weighted by Gasteiger charge is 2.09. The Labute approximate surface area is 137 Å². The number of hydrogen-bond donors (Lipinski definition) is 1. The maximum atomic E-state index is 12.0. The van der Waals surface area contributed by atoms with Gasteiger partial charge in [-0.05, 0) is 43.7 Å². The Balaban J connectivity index is 1.75. The van der Waals surface area contributed by atoms with Gasteiger partial charge in [-0.1, -0.05) is 30.3 Å². The van der Waals surface area contributed by atoms with Gasteiger partial charge in [0.1, 0.15) is 11.5 Å². The average molecular weight is 313 g/mol. The first-order valence-electron chi connectivity index (χ1n) is 7.89. The van der Waals surface area contributed by atoms with Gasteiger partial charge in [0.15, 0.2) is 0 Å². The highest BCUT2D eigenvalue weighted by molar-refractivity contribution is 5.76. The average Bonchev–Trinajstić information content (AvgIpc) is 2.57. The summed E-state index contributed by atoms with van der Waals surface area (Å²) in [6.07, 6.45) is 0.330. The second kappa shape index (κ2) is 8.83. The minimum absolute atomic E-state index is 0.0256. The molecule has 23 heavy (non-hydrogen) atoms. The summed E-state index contributed by atoms with van der Waals surface area (Å²) >= 11 is 0. The predicted octanol–water partition coefficient (Wildman–Crippen LogP) is 3.73. The zero-order valence-electron chi connectivity index (χ0n) is 13.6. The van der Waals surface area contributed by atoms with Crippen molar-refractivity contribution in [3.8, 4) is 11.5 Å². The first-order valence-corrected chi connectivity index (χ1v) is 7.89. The molecule has 4 heteroatoms. The van der Waals surface area contributed by atoms with E-state index in [1.807, 2.05) is 68.4 Å². The van der Waals surface area contributed by atoms with E-state index in [2.05, 4.69) is 5.32 Å². The van der Waals surface area contributed by atoms with Crippen LogP contribution in [0.2, 0.25) is 0 Å². The maximum Gasteiger partial charge on any atom is 0.223 e. The molecule has 122 valence electrons. The summed E-state index contributed by atoms with van der Waals surface area (Å²) in [5.74, 6) is 1.59. The Bertz CT molecular complexity index is 596. The molecule has 0 fully saturated rings. The van der Waals surface area contributed by atoms with Crippen molar-refractivity contribution in [2.45, 2.75) is 26.3 Å². The fourth-order valence-electron chi connectivity index (χ4n) is 2.19. The molecule has 0 aromatic heterocycles. The van der Waals surface area contributed by atoms with E-state index in [-0.39, 0.29) is 11.9 Å². The number of rotatable bonds is 8. The fourth-order valence-corrected chi connectivity index (χ4v) is 2.19. The van der Waals surface area contributed by atoms with Crippen LogP contribution in [0.5, 0.6) is 11.5 Å². The summed E-state index contributed by atoms with van der Waals surface area (Å²) in [6.45, 7) is 4.93. The molecular formula is C19H23NO3. The molecule has 0 heterocycles. The van der Waals surface area contributed by atoms with Crippen molar-refractivity contribution in [2.24, 2.45) is 0 Å². The first-order chi connectivity index (χ1) is 11.2. The minimum Gasteiger partial charge on any atom is -0.494 e. The molecular weight excluding hydrogens is 290 g/mol. The number of hydrogen-bond acceptors (Lipinski definition) is 3. The molecule has 1 atom stereocenters. The van der Waals surface area contributed by atoms with Crippen molar-refractivity contribution in [1.29, 1.82) is 0 Å². The molecule has 0 saturated heterocycles. The summed E-state index contributed by atoms with van der Waals surface area (Å²) in [6, 6.07) is 17.2. The van der Waals surface area contributed by atoms with Gasteiger partial charge in [-0.2, -0.15) is 0 Å². The molecule has 1 N–H and O–H groups in total. The number of nitrogens with one attached hydrogen (secondary N) is 1. The number of carbonyl (C=O) groups is 1. The van der Waals surface area contributed by atoms with E-state index in [0.717, 1.165) is 17.1 Å². The Hall–Kier alpha value is -2.49. The van der Waals surface area contributed by atoms with Gasteiger partial charge in [0.05, 0.1) is 25.7 Å². The van der Waals surface area contributed by atoms with Crippen molar-refractivity contribution in [1.82, 2.24) is 5.32 Å². The zero-order valence-corrected chi connectivity index (χ0v) is 13.6. The van der Waals surface area contributed by atoms with Crippen LogP contribution < -0.4 is 14.8 Å². The lowest BCUT2D eigenvalue weighted by atomic mass is 10.1. The van der Waals surface area contributed by atoms with Crippen LogP contribution in [0, 0.1) is 0 Å². The van der Waals surface area contributed by atoms with Gasteiger partial charge in [-0.15, -0.1) is 0 Å². The maximum absolute atomic E-state index is 12.0. The van der Waals surface area contributed by atoms with Gasteiger partial charge < -0.3 is 14.8 Å². The topological polar surface area (TPSA) is 47.6 Å². The van der Waals surface area contributed by atoms with Gasteiger partial charge in [-0.3, -0.25) is 4.79 Å². The van der Waals surface area contributed by atoms with Crippen LogP contribution in [0.1, 0.15) is 31.9 Å². The molecule has 1 unspecified atom stereocenters. The van der Waals surface area contributed by atoms with Crippen molar-refractivity contribution < 1.29 is 14.3 Å². The Kier molecular flexibility index (Phi) is 6.48. The van der Waals surface area contributed by atoms with E-state index in [9.17, 15) is 4.79 Å². The van der Waals surface area contributed by atoms with E-state index in [1.165, 1.54) is 0 Å². The number of para-hydroxylation sites is 1. The van der Waals surface area contributed by atoms with Crippen LogP contribution in [-0.4, -0.2) is 19.1 Å². The Morgan fingerprint density at radius 1 is 1.00 bits per heavy atom. The highest BCUT2D eigenvalue weighted by atomic mass is 16.5. The molecule has 4 nitrogen and oxygen atoms in total. The number of ether oxygens (including phenoxy) is 2. The number of carbonyl (C=O) groups excluding carboxylic acids is 1. The van der Waals surface area contributed by atoms with Crippen LogP contribution in [0.25, 0.3) is 0 Å². The third-order valence-corrected chi connectivity index (χ3v) is 3.41. The second-order valence-corrected chi connectivity index (χ2v) is 5.20. The fraction of sp³-hybridized carbons (Fsp3) is 0.316. The summed E-state index contributed by atoms with van der Waals surface area (Å²) < 4.78 is 10.9. The van der Waals surface area contributed by atoms with E-state index < -0.39 is 0 Å². The van der Waals surface area contributed by atoms with Crippen LogP contribution in [-0.2, 0) is 4.79 Å². The van der Waals surface area contributed by atoms with E-state index in [0.29, 0.717) is 19.6 Å². The third kappa shape index (κ3) is 5.66. The first kappa shape index (κ1) is 16.9. The SMILES string of the molecule is CCOc1ccc(C(C)NC(=O)CCOc2ccccc2)cc1. The summed E-state index contributed by atoms with van der Waals surface area (Å²) in [7, 11) is 0. The van der Waals surface area contributed by atoms with Crippen molar-refractivity contribution >= 4 is 5.91 Å². The van der Waals surface area contributed by atoms with E-state index in [1.54, 1.807) is 0 Å². The molecule has 1 amide bonds. The molecule has 0 aliphatic carbocycles. The molecule has 2 aromatic rings. The van der Waals surface area contributed by atoms with Crippen molar-refractivity contribution in [2.75, 3.05) is 13.2 Å². The van der Waals surface area contributed by atoms with Crippen molar-refractivity contribution in [3.05, 3.63) is 60.2 Å². The van der Waals surface area contributed by atoms with Crippen LogP contribution in [0.4, 0.5) is 0 Å². The van der Waals surface area contributed by atoms with Gasteiger partial charge in [0.2, 0.25) is 5.91 Å². The lowest BCUT2D eigenvalue weighted by Gasteiger charge is -2.15. The summed E-state index contributed by atoms with van der Waals surface area (Å²) in [4.78, 5) is 12.0. The zero-order chi connectivity index (χ0) is 16.5.